The van der Waals surface area contributed by atoms with Crippen LogP contribution >= 0.6 is 11.3 Å². The number of anilines is 2. The van der Waals surface area contributed by atoms with Gasteiger partial charge in [0.05, 0.1) is 12.1 Å². The fourth-order valence-corrected chi connectivity index (χ4v) is 3.49. The quantitative estimate of drug-likeness (QED) is 0.652. The van der Waals surface area contributed by atoms with Crippen LogP contribution in [0.4, 0.5) is 10.8 Å². The third-order valence-electron chi connectivity index (χ3n) is 4.32. The lowest BCUT2D eigenvalue weighted by atomic mass is 10.1. The highest BCUT2D eigenvalue weighted by atomic mass is 32.1. The predicted octanol–water partition coefficient (Wildman–Crippen LogP) is 3.39. The summed E-state index contributed by atoms with van der Waals surface area (Å²) in [6.45, 7) is 2.16. The number of aliphatic imine (C=N–C) groups is 1. The molecule has 2 N–H and O–H groups in total. The molecule has 150 valence electrons. The number of amides is 3. The van der Waals surface area contributed by atoms with E-state index in [1.54, 1.807) is 11.5 Å². The minimum absolute atomic E-state index is 0.0938. The number of carbonyl (C=O) groups is 3. The van der Waals surface area contributed by atoms with E-state index in [0.29, 0.717) is 10.8 Å². The molecule has 29 heavy (non-hydrogen) atoms. The zero-order valence-corrected chi connectivity index (χ0v) is 16.9. The summed E-state index contributed by atoms with van der Waals surface area (Å²) in [5.41, 5.74) is 2.54. The second-order valence-corrected chi connectivity index (χ2v) is 7.50. The summed E-state index contributed by atoms with van der Waals surface area (Å²) in [7, 11) is 0. The van der Waals surface area contributed by atoms with Gasteiger partial charge in [0.25, 0.3) is 5.91 Å². The number of thiazole rings is 1. The van der Waals surface area contributed by atoms with Crippen LogP contribution in [0.3, 0.4) is 0 Å². The number of nitrogens with one attached hydrogen (secondary N) is 2. The highest BCUT2D eigenvalue weighted by Gasteiger charge is 2.25. The van der Waals surface area contributed by atoms with Crippen LogP contribution in [0, 0.1) is 5.92 Å². The normalized spacial score (nSPS) is 15.3. The van der Waals surface area contributed by atoms with E-state index in [9.17, 15) is 14.4 Å². The van der Waals surface area contributed by atoms with Crippen LogP contribution in [0.2, 0.25) is 0 Å². The van der Waals surface area contributed by atoms with E-state index in [0.717, 1.165) is 24.9 Å². The number of benzene rings is 1. The van der Waals surface area contributed by atoms with Crippen molar-refractivity contribution in [1.29, 1.82) is 0 Å². The second-order valence-electron chi connectivity index (χ2n) is 6.64. The zero-order valence-electron chi connectivity index (χ0n) is 16.1. The number of dihydropyridines is 1. The average molecular weight is 410 g/mol. The minimum atomic E-state index is -0.948. The standard InChI is InChI=1S/C21H22N4O3S/c1-2-3-5-14-7-9-15(10-8-14)23-18(26)12-16-13-29-21(24-16)25-20(28)17-6-4-11-22-19(17)27/h4,6-11,13,17H,2-3,5,12H2,1H3,(H,23,26)(H,24,25,28). The highest BCUT2D eigenvalue weighted by Crippen LogP contribution is 2.19. The molecule has 1 unspecified atom stereocenters. The molecule has 0 saturated heterocycles. The third kappa shape index (κ3) is 5.92. The van der Waals surface area contributed by atoms with Gasteiger partial charge in [0.1, 0.15) is 5.92 Å². The molecule has 0 bridgehead atoms. The maximum Gasteiger partial charge on any atom is 0.262 e. The number of unbranched alkanes of at least 4 members (excludes halogenated alkanes) is 1. The fraction of sp³-hybridized carbons (Fsp3) is 0.286. The number of nitrogens with zero attached hydrogens (tertiary/aromatic N) is 2. The Kier molecular flexibility index (Phi) is 7.02. The Balaban J connectivity index is 1.51. The summed E-state index contributed by atoms with van der Waals surface area (Å²) in [6.07, 6.45) is 7.82. The lowest BCUT2D eigenvalue weighted by Crippen LogP contribution is -2.28. The number of aryl methyl sites for hydroxylation is 1. The van der Waals surface area contributed by atoms with E-state index in [4.69, 9.17) is 0 Å². The van der Waals surface area contributed by atoms with Crippen molar-refractivity contribution in [2.75, 3.05) is 10.6 Å². The van der Waals surface area contributed by atoms with Crippen molar-refractivity contribution in [1.82, 2.24) is 4.98 Å². The molecule has 0 fully saturated rings. The monoisotopic (exact) mass is 410 g/mol. The Morgan fingerprint density at radius 2 is 1.97 bits per heavy atom. The van der Waals surface area contributed by atoms with Gasteiger partial charge in [0, 0.05) is 17.3 Å². The molecule has 0 aliphatic carbocycles. The van der Waals surface area contributed by atoms with Crippen LogP contribution in [0.25, 0.3) is 0 Å². The van der Waals surface area contributed by atoms with E-state index < -0.39 is 17.7 Å². The van der Waals surface area contributed by atoms with Crippen molar-refractivity contribution >= 4 is 46.1 Å². The molecular weight excluding hydrogens is 388 g/mol. The molecule has 3 amide bonds. The maximum absolute atomic E-state index is 12.3. The highest BCUT2D eigenvalue weighted by molar-refractivity contribution is 7.14. The van der Waals surface area contributed by atoms with E-state index in [2.05, 4.69) is 27.5 Å². The zero-order chi connectivity index (χ0) is 20.6. The van der Waals surface area contributed by atoms with E-state index in [-0.39, 0.29) is 12.3 Å². The number of hydrogen-bond donors (Lipinski definition) is 2. The molecule has 0 radical (unpaired) electrons. The number of rotatable bonds is 8. The topological polar surface area (TPSA) is 101 Å². The first kappa shape index (κ1) is 20.6. The molecule has 7 nitrogen and oxygen atoms in total. The van der Waals surface area contributed by atoms with Crippen LogP contribution in [-0.2, 0) is 27.2 Å². The van der Waals surface area contributed by atoms with Gasteiger partial charge in [-0.15, -0.1) is 11.3 Å². The largest absolute Gasteiger partial charge is 0.326 e. The van der Waals surface area contributed by atoms with Gasteiger partial charge < -0.3 is 10.6 Å². The summed E-state index contributed by atoms with van der Waals surface area (Å²) in [6, 6.07) is 7.83. The van der Waals surface area contributed by atoms with Gasteiger partial charge >= 0.3 is 0 Å². The molecule has 2 aromatic rings. The Morgan fingerprint density at radius 1 is 1.17 bits per heavy atom. The van der Waals surface area contributed by atoms with Gasteiger partial charge in [-0.1, -0.05) is 31.6 Å². The first-order chi connectivity index (χ1) is 14.0. The summed E-state index contributed by atoms with van der Waals surface area (Å²) in [5.74, 6) is -2.14. The molecule has 0 saturated carbocycles. The molecule has 8 heteroatoms. The van der Waals surface area contributed by atoms with Crippen LogP contribution in [0.1, 0.15) is 31.0 Å². The second kappa shape index (κ2) is 9.88. The molecule has 1 aliphatic heterocycles. The molecule has 3 rings (SSSR count). The Bertz CT molecular complexity index is 947. The molecule has 1 aromatic carbocycles. The van der Waals surface area contributed by atoms with Crippen LogP contribution in [0.5, 0.6) is 0 Å². The van der Waals surface area contributed by atoms with Crippen LogP contribution < -0.4 is 10.6 Å². The Labute approximate surface area is 173 Å². The number of hydrogen-bond acceptors (Lipinski definition) is 5. The lowest BCUT2D eigenvalue weighted by molar-refractivity contribution is -0.128. The van der Waals surface area contributed by atoms with Gasteiger partial charge in [0.2, 0.25) is 11.8 Å². The van der Waals surface area contributed by atoms with Crippen molar-refractivity contribution in [2.24, 2.45) is 10.9 Å². The van der Waals surface area contributed by atoms with Gasteiger partial charge in [0.15, 0.2) is 5.13 Å². The molecule has 1 aliphatic rings. The van der Waals surface area contributed by atoms with Crippen molar-refractivity contribution < 1.29 is 14.4 Å². The molecule has 0 spiro atoms. The Hall–Kier alpha value is -3.13. The summed E-state index contributed by atoms with van der Waals surface area (Å²) < 4.78 is 0. The van der Waals surface area contributed by atoms with Crippen molar-refractivity contribution in [3.05, 3.63) is 53.1 Å². The van der Waals surface area contributed by atoms with Gasteiger partial charge in [-0.3, -0.25) is 14.4 Å². The van der Waals surface area contributed by atoms with Crippen LogP contribution in [-0.4, -0.2) is 28.9 Å². The van der Waals surface area contributed by atoms with Gasteiger partial charge in [-0.2, -0.15) is 0 Å². The van der Waals surface area contributed by atoms with E-state index in [1.165, 1.54) is 29.2 Å². The van der Waals surface area contributed by atoms with Crippen molar-refractivity contribution in [2.45, 2.75) is 32.6 Å². The minimum Gasteiger partial charge on any atom is -0.326 e. The van der Waals surface area contributed by atoms with E-state index >= 15 is 0 Å². The molecular formula is C21H22N4O3S. The molecule has 1 aromatic heterocycles. The fourth-order valence-electron chi connectivity index (χ4n) is 2.77. The first-order valence-electron chi connectivity index (χ1n) is 9.44. The Morgan fingerprint density at radius 3 is 2.69 bits per heavy atom. The van der Waals surface area contributed by atoms with Crippen molar-refractivity contribution in [3.8, 4) is 0 Å². The predicted molar refractivity (Wildman–Crippen MR) is 114 cm³/mol. The summed E-state index contributed by atoms with van der Waals surface area (Å²) >= 11 is 1.20. The number of carbonyl (C=O) groups excluding carboxylic acids is 3. The molecule has 2 heterocycles. The van der Waals surface area contributed by atoms with Crippen LogP contribution in [0.15, 0.2) is 46.8 Å². The van der Waals surface area contributed by atoms with E-state index in [1.807, 2.05) is 24.3 Å². The number of aromatic nitrogens is 1. The SMILES string of the molecule is CCCCc1ccc(NC(=O)Cc2csc(NC(=O)C3C=CC=NC3=O)n2)cc1. The average Bonchev–Trinajstić information content (AvgIpc) is 3.14. The molecule has 1 atom stereocenters. The maximum atomic E-state index is 12.3. The van der Waals surface area contributed by atoms with Gasteiger partial charge in [-0.25, -0.2) is 9.98 Å². The number of allylic oxidation sites excluding steroid dienone is 1. The van der Waals surface area contributed by atoms with Crippen molar-refractivity contribution in [3.63, 3.8) is 0 Å². The summed E-state index contributed by atoms with van der Waals surface area (Å²) in [4.78, 5) is 43.9. The third-order valence-corrected chi connectivity index (χ3v) is 5.13. The summed E-state index contributed by atoms with van der Waals surface area (Å²) in [5, 5.41) is 7.50. The first-order valence-corrected chi connectivity index (χ1v) is 10.3. The smallest absolute Gasteiger partial charge is 0.262 e. The van der Waals surface area contributed by atoms with Gasteiger partial charge in [-0.05, 0) is 36.6 Å². The lowest BCUT2D eigenvalue weighted by Gasteiger charge is -2.09.